The topological polar surface area (TPSA) is 89.4 Å². The summed E-state index contributed by atoms with van der Waals surface area (Å²) in [4.78, 5) is 28.1. The number of hydrogen-bond acceptors (Lipinski definition) is 5. The van der Waals surface area contributed by atoms with E-state index < -0.39 is 4.92 Å². The van der Waals surface area contributed by atoms with Crippen LogP contribution in [0.15, 0.2) is 48.7 Å². The van der Waals surface area contributed by atoms with Gasteiger partial charge in [-0.3, -0.25) is 14.9 Å². The number of non-ortho nitro benzene ring substituents is 1. The van der Waals surface area contributed by atoms with Gasteiger partial charge in [-0.15, -0.1) is 0 Å². The van der Waals surface area contributed by atoms with Gasteiger partial charge in [-0.2, -0.15) is 5.10 Å². The van der Waals surface area contributed by atoms with Crippen molar-refractivity contribution in [1.29, 1.82) is 0 Å². The van der Waals surface area contributed by atoms with Gasteiger partial charge in [0.2, 0.25) is 0 Å². The predicted octanol–water partition coefficient (Wildman–Crippen LogP) is 2.56. The van der Waals surface area contributed by atoms with Crippen LogP contribution < -0.4 is 0 Å². The molecule has 0 radical (unpaired) electrons. The van der Waals surface area contributed by atoms with E-state index in [1.165, 1.54) is 12.1 Å². The molecule has 30 heavy (non-hydrogen) atoms. The molecule has 1 amide bonds. The minimum Gasteiger partial charge on any atom is -0.349 e. The molecule has 3 heterocycles. The fourth-order valence-electron chi connectivity index (χ4n) is 3.73. The predicted molar refractivity (Wildman–Crippen MR) is 113 cm³/mol. The zero-order valence-corrected chi connectivity index (χ0v) is 17.1. The Morgan fingerprint density at radius 3 is 2.40 bits per heavy atom. The van der Waals surface area contributed by atoms with E-state index >= 15 is 0 Å². The molecule has 0 aliphatic carbocycles. The van der Waals surface area contributed by atoms with Crippen LogP contribution in [-0.2, 0) is 7.05 Å². The van der Waals surface area contributed by atoms with Crippen molar-refractivity contribution in [3.8, 4) is 17.1 Å². The van der Waals surface area contributed by atoms with Crippen molar-refractivity contribution in [3.05, 3.63) is 64.5 Å². The van der Waals surface area contributed by atoms with Gasteiger partial charge in [0.1, 0.15) is 11.4 Å². The number of nitrogens with zero attached hydrogens (tertiary/aromatic N) is 6. The summed E-state index contributed by atoms with van der Waals surface area (Å²) in [5, 5.41) is 15.7. The van der Waals surface area contributed by atoms with Crippen molar-refractivity contribution < 1.29 is 9.72 Å². The summed E-state index contributed by atoms with van der Waals surface area (Å²) in [6.45, 7) is 6.11. The van der Waals surface area contributed by atoms with Crippen LogP contribution in [-0.4, -0.2) is 67.7 Å². The number of carbonyl (C=O) groups is 1. The lowest BCUT2D eigenvalue weighted by Gasteiger charge is -2.34. The molecule has 2 aromatic heterocycles. The summed E-state index contributed by atoms with van der Waals surface area (Å²) < 4.78 is 3.53. The summed E-state index contributed by atoms with van der Waals surface area (Å²) >= 11 is 0. The summed E-state index contributed by atoms with van der Waals surface area (Å²) in [7, 11) is 1.92. The van der Waals surface area contributed by atoms with Crippen molar-refractivity contribution in [1.82, 2.24) is 24.1 Å². The largest absolute Gasteiger partial charge is 0.349 e. The lowest BCUT2D eigenvalue weighted by atomic mass is 10.2. The summed E-state index contributed by atoms with van der Waals surface area (Å²) in [5.74, 6) is -0.0861. The smallest absolute Gasteiger partial charge is 0.272 e. The fourth-order valence-corrected chi connectivity index (χ4v) is 3.73. The fraction of sp³-hybridized carbons (Fsp3) is 0.333. The maximum absolute atomic E-state index is 13.4. The number of nitro groups is 1. The molecule has 1 fully saturated rings. The van der Waals surface area contributed by atoms with Crippen LogP contribution in [0.1, 0.15) is 17.4 Å². The lowest BCUT2D eigenvalue weighted by Crippen LogP contribution is -2.48. The Bertz CT molecular complexity index is 1060. The Balaban J connectivity index is 1.72. The standard InChI is InChI=1S/C21H24N6O3/c1-3-24-11-13-25(14-12-24)21(28)20-15-18(19-5-4-10-23(19)2)22-26(20)16-6-8-17(9-7-16)27(29)30/h4-10,15H,3,11-14H2,1-2H3. The molecule has 0 unspecified atom stereocenters. The van der Waals surface area contributed by atoms with Crippen molar-refractivity contribution >= 4 is 11.6 Å². The Morgan fingerprint density at radius 2 is 1.83 bits per heavy atom. The van der Waals surface area contributed by atoms with Gasteiger partial charge in [0, 0.05) is 51.6 Å². The van der Waals surface area contributed by atoms with E-state index in [0.29, 0.717) is 30.2 Å². The molecule has 0 N–H and O–H groups in total. The highest BCUT2D eigenvalue weighted by Crippen LogP contribution is 2.24. The summed E-state index contributed by atoms with van der Waals surface area (Å²) in [6.07, 6.45) is 1.92. The molecular weight excluding hydrogens is 384 g/mol. The van der Waals surface area contributed by atoms with Gasteiger partial charge >= 0.3 is 0 Å². The molecule has 1 aliphatic heterocycles. The van der Waals surface area contributed by atoms with E-state index in [1.807, 2.05) is 34.8 Å². The molecule has 156 valence electrons. The molecule has 4 rings (SSSR count). The number of aryl methyl sites for hydroxylation is 1. The van der Waals surface area contributed by atoms with E-state index in [1.54, 1.807) is 22.9 Å². The van der Waals surface area contributed by atoms with Crippen LogP contribution >= 0.6 is 0 Å². The van der Waals surface area contributed by atoms with Crippen LogP contribution in [0, 0.1) is 10.1 Å². The second-order valence-electron chi connectivity index (χ2n) is 7.33. The van der Waals surface area contributed by atoms with Crippen molar-refractivity contribution in [3.63, 3.8) is 0 Å². The summed E-state index contributed by atoms with van der Waals surface area (Å²) in [6, 6.07) is 11.7. The second-order valence-corrected chi connectivity index (χ2v) is 7.33. The van der Waals surface area contributed by atoms with E-state index in [4.69, 9.17) is 0 Å². The highest BCUT2D eigenvalue weighted by molar-refractivity contribution is 5.94. The molecule has 3 aromatic rings. The number of benzene rings is 1. The van der Waals surface area contributed by atoms with E-state index in [9.17, 15) is 14.9 Å². The number of carbonyl (C=O) groups excluding carboxylic acids is 1. The monoisotopic (exact) mass is 408 g/mol. The van der Waals surface area contributed by atoms with Crippen LogP contribution in [0.3, 0.4) is 0 Å². The van der Waals surface area contributed by atoms with Crippen molar-refractivity contribution in [2.45, 2.75) is 6.92 Å². The molecular formula is C21H24N6O3. The Kier molecular flexibility index (Phi) is 5.37. The highest BCUT2D eigenvalue weighted by Gasteiger charge is 2.26. The number of nitro benzene ring substituents is 1. The Labute approximate surface area is 174 Å². The molecule has 1 aliphatic rings. The molecule has 1 saturated heterocycles. The second kappa shape index (κ2) is 8.11. The van der Waals surface area contributed by atoms with Gasteiger partial charge in [0.25, 0.3) is 11.6 Å². The van der Waals surface area contributed by atoms with Gasteiger partial charge in [-0.05, 0) is 36.9 Å². The minimum atomic E-state index is -0.443. The average Bonchev–Trinajstić information content (AvgIpc) is 3.39. The highest BCUT2D eigenvalue weighted by atomic mass is 16.6. The number of aromatic nitrogens is 3. The van der Waals surface area contributed by atoms with Crippen LogP contribution in [0.5, 0.6) is 0 Å². The SMILES string of the molecule is CCN1CCN(C(=O)c2cc(-c3cccn3C)nn2-c2ccc([N+](=O)[O-])cc2)CC1. The molecule has 9 nitrogen and oxygen atoms in total. The molecule has 0 saturated carbocycles. The Hall–Kier alpha value is -3.46. The van der Waals surface area contributed by atoms with Gasteiger partial charge in [0.15, 0.2) is 0 Å². The number of amides is 1. The molecule has 0 atom stereocenters. The summed E-state index contributed by atoms with van der Waals surface area (Å²) in [5.41, 5.74) is 2.62. The zero-order valence-electron chi connectivity index (χ0n) is 17.1. The number of piperazine rings is 1. The van der Waals surface area contributed by atoms with Crippen LogP contribution in [0.2, 0.25) is 0 Å². The average molecular weight is 408 g/mol. The van der Waals surface area contributed by atoms with Gasteiger partial charge in [-0.25, -0.2) is 4.68 Å². The minimum absolute atomic E-state index is 0.00266. The molecule has 1 aromatic carbocycles. The maximum Gasteiger partial charge on any atom is 0.272 e. The number of rotatable bonds is 5. The van der Waals surface area contributed by atoms with Crippen molar-refractivity contribution in [2.75, 3.05) is 32.7 Å². The number of likely N-dealkylation sites (N-methyl/N-ethyl adjacent to an activating group) is 1. The molecule has 0 spiro atoms. The van der Waals surface area contributed by atoms with Crippen LogP contribution in [0.4, 0.5) is 5.69 Å². The van der Waals surface area contributed by atoms with Crippen molar-refractivity contribution in [2.24, 2.45) is 7.05 Å². The molecule has 9 heteroatoms. The third-order valence-electron chi connectivity index (χ3n) is 5.55. The van der Waals surface area contributed by atoms with Gasteiger partial charge < -0.3 is 14.4 Å². The first kappa shape index (κ1) is 19.8. The van der Waals surface area contributed by atoms with Gasteiger partial charge in [0.05, 0.1) is 16.3 Å². The van der Waals surface area contributed by atoms with Gasteiger partial charge in [-0.1, -0.05) is 6.92 Å². The van der Waals surface area contributed by atoms with E-state index in [2.05, 4.69) is 16.9 Å². The number of hydrogen-bond donors (Lipinski definition) is 0. The third kappa shape index (κ3) is 3.71. The quantitative estimate of drug-likeness (QED) is 0.478. The third-order valence-corrected chi connectivity index (χ3v) is 5.55. The zero-order chi connectivity index (χ0) is 21.3. The van der Waals surface area contributed by atoms with E-state index in [-0.39, 0.29) is 11.6 Å². The first-order chi connectivity index (χ1) is 14.5. The molecule has 0 bridgehead atoms. The van der Waals surface area contributed by atoms with E-state index in [0.717, 1.165) is 25.3 Å². The first-order valence-electron chi connectivity index (χ1n) is 9.96. The van der Waals surface area contributed by atoms with Crippen LogP contribution in [0.25, 0.3) is 17.1 Å². The normalized spacial score (nSPS) is 14.8. The Morgan fingerprint density at radius 1 is 1.13 bits per heavy atom. The first-order valence-corrected chi connectivity index (χ1v) is 9.96. The maximum atomic E-state index is 13.4. The lowest BCUT2D eigenvalue weighted by molar-refractivity contribution is -0.384.